The number of halogens is 1. The Balaban J connectivity index is 1.68. The van der Waals surface area contributed by atoms with Crippen molar-refractivity contribution in [1.82, 2.24) is 15.0 Å². The van der Waals surface area contributed by atoms with Gasteiger partial charge >= 0.3 is 0 Å². The summed E-state index contributed by atoms with van der Waals surface area (Å²) in [5, 5.41) is 10.8. The second kappa shape index (κ2) is 7.81. The number of hydrogen-bond acceptors (Lipinski definition) is 5. The standard InChI is InChI=1S/C25H15FN4O/c26-25-18(12-17-8-4-5-9-19(17)30-25)21-13-23(31-15-16-6-2-1-3-7-16)24-20(29-21)10-11-28-22(24)14-27/h1-13H,15H2. The Morgan fingerprint density at radius 2 is 1.71 bits per heavy atom. The normalized spacial score (nSPS) is 10.8. The summed E-state index contributed by atoms with van der Waals surface area (Å²) in [4.78, 5) is 12.8. The monoisotopic (exact) mass is 406 g/mol. The number of benzene rings is 2. The fourth-order valence-electron chi connectivity index (χ4n) is 3.49. The van der Waals surface area contributed by atoms with Gasteiger partial charge in [-0.25, -0.2) is 15.0 Å². The van der Waals surface area contributed by atoms with Crippen molar-refractivity contribution in [3.8, 4) is 23.1 Å². The zero-order valence-electron chi connectivity index (χ0n) is 16.3. The van der Waals surface area contributed by atoms with Gasteiger partial charge in [-0.15, -0.1) is 0 Å². The number of hydrogen-bond donors (Lipinski definition) is 0. The topological polar surface area (TPSA) is 71.7 Å². The molecule has 5 aromatic rings. The summed E-state index contributed by atoms with van der Waals surface area (Å²) in [5.41, 5.74) is 2.88. The molecule has 0 N–H and O–H groups in total. The molecular formula is C25H15FN4O. The van der Waals surface area contributed by atoms with Gasteiger partial charge in [-0.3, -0.25) is 0 Å². The highest BCUT2D eigenvalue weighted by atomic mass is 19.1. The molecular weight excluding hydrogens is 391 g/mol. The maximum atomic E-state index is 14.9. The Hall–Kier alpha value is -4.37. The molecule has 2 aromatic carbocycles. The largest absolute Gasteiger partial charge is 0.488 e. The molecule has 5 nitrogen and oxygen atoms in total. The van der Waals surface area contributed by atoms with E-state index in [1.54, 1.807) is 24.3 Å². The van der Waals surface area contributed by atoms with E-state index in [2.05, 4.69) is 21.0 Å². The van der Waals surface area contributed by atoms with Gasteiger partial charge < -0.3 is 4.74 Å². The number of rotatable bonds is 4. The Bertz CT molecular complexity index is 1460. The fraction of sp³-hybridized carbons (Fsp3) is 0.0400. The molecule has 0 bridgehead atoms. The molecule has 0 atom stereocenters. The van der Waals surface area contributed by atoms with Crippen molar-refractivity contribution < 1.29 is 9.13 Å². The van der Waals surface area contributed by atoms with Crippen LogP contribution in [0.3, 0.4) is 0 Å². The predicted octanol–water partition coefficient (Wildman–Crippen LogP) is 5.43. The molecule has 6 heteroatoms. The van der Waals surface area contributed by atoms with Crippen molar-refractivity contribution in [2.24, 2.45) is 0 Å². The van der Waals surface area contributed by atoms with Crippen molar-refractivity contribution in [1.29, 1.82) is 5.26 Å². The average molecular weight is 406 g/mol. The molecule has 0 aliphatic carbocycles. The zero-order valence-corrected chi connectivity index (χ0v) is 16.3. The van der Waals surface area contributed by atoms with Crippen LogP contribution in [0.4, 0.5) is 4.39 Å². The minimum Gasteiger partial charge on any atom is -0.488 e. The fourth-order valence-corrected chi connectivity index (χ4v) is 3.49. The van der Waals surface area contributed by atoms with E-state index in [1.165, 1.54) is 6.20 Å². The molecule has 3 heterocycles. The first-order chi connectivity index (χ1) is 15.2. The highest BCUT2D eigenvalue weighted by Gasteiger charge is 2.17. The van der Waals surface area contributed by atoms with Crippen molar-refractivity contribution in [2.75, 3.05) is 0 Å². The first kappa shape index (κ1) is 18.6. The van der Waals surface area contributed by atoms with Crippen molar-refractivity contribution in [2.45, 2.75) is 6.61 Å². The van der Waals surface area contributed by atoms with E-state index in [-0.39, 0.29) is 17.9 Å². The lowest BCUT2D eigenvalue weighted by Crippen LogP contribution is -2.00. The quantitative estimate of drug-likeness (QED) is 0.372. The van der Waals surface area contributed by atoms with Gasteiger partial charge in [0, 0.05) is 17.6 Å². The maximum Gasteiger partial charge on any atom is 0.222 e. The third kappa shape index (κ3) is 3.53. The summed E-state index contributed by atoms with van der Waals surface area (Å²) < 4.78 is 20.9. The third-order valence-corrected chi connectivity index (χ3v) is 4.98. The van der Waals surface area contributed by atoms with Crippen LogP contribution in [-0.4, -0.2) is 15.0 Å². The molecule has 3 aromatic heterocycles. The summed E-state index contributed by atoms with van der Waals surface area (Å²) in [7, 11) is 0. The first-order valence-corrected chi connectivity index (χ1v) is 9.65. The van der Waals surface area contributed by atoms with E-state index < -0.39 is 5.95 Å². The van der Waals surface area contributed by atoms with Gasteiger partial charge in [0.2, 0.25) is 5.95 Å². The van der Waals surface area contributed by atoms with Crippen LogP contribution < -0.4 is 4.74 Å². The molecule has 0 fully saturated rings. The Morgan fingerprint density at radius 3 is 2.55 bits per heavy atom. The molecule has 0 saturated carbocycles. The molecule has 0 aliphatic rings. The van der Waals surface area contributed by atoms with Crippen LogP contribution in [-0.2, 0) is 6.61 Å². The summed E-state index contributed by atoms with van der Waals surface area (Å²) >= 11 is 0. The van der Waals surface area contributed by atoms with Gasteiger partial charge in [-0.1, -0.05) is 48.5 Å². The van der Waals surface area contributed by atoms with Gasteiger partial charge in [0.25, 0.3) is 0 Å². The number of nitrogens with zero attached hydrogens (tertiary/aromatic N) is 4. The van der Waals surface area contributed by atoms with Gasteiger partial charge in [-0.05, 0) is 23.8 Å². The molecule has 0 radical (unpaired) electrons. The number of pyridine rings is 3. The molecule has 31 heavy (non-hydrogen) atoms. The van der Waals surface area contributed by atoms with Crippen molar-refractivity contribution in [3.63, 3.8) is 0 Å². The summed E-state index contributed by atoms with van der Waals surface area (Å²) in [5.74, 6) is -0.199. The lowest BCUT2D eigenvalue weighted by molar-refractivity contribution is 0.310. The lowest BCUT2D eigenvalue weighted by atomic mass is 10.1. The van der Waals surface area contributed by atoms with Crippen LogP contribution in [0.15, 0.2) is 79.0 Å². The number of nitriles is 1. The van der Waals surface area contributed by atoms with E-state index in [0.29, 0.717) is 27.9 Å². The van der Waals surface area contributed by atoms with Crippen LogP contribution >= 0.6 is 0 Å². The lowest BCUT2D eigenvalue weighted by Gasteiger charge is -2.13. The SMILES string of the molecule is N#Cc1nccc2nc(-c3cc4ccccc4nc3F)cc(OCc3ccccc3)c12. The van der Waals surface area contributed by atoms with Crippen LogP contribution in [0.2, 0.25) is 0 Å². The van der Waals surface area contributed by atoms with Gasteiger partial charge in [0.05, 0.1) is 27.7 Å². The van der Waals surface area contributed by atoms with Crippen LogP contribution in [0.25, 0.3) is 33.1 Å². The molecule has 0 unspecified atom stereocenters. The van der Waals surface area contributed by atoms with E-state index in [9.17, 15) is 9.65 Å². The molecule has 0 amide bonds. The van der Waals surface area contributed by atoms with Gasteiger partial charge in [0.1, 0.15) is 18.4 Å². The minimum atomic E-state index is -0.617. The predicted molar refractivity (Wildman–Crippen MR) is 116 cm³/mol. The second-order valence-corrected chi connectivity index (χ2v) is 6.96. The minimum absolute atomic E-state index is 0.205. The summed E-state index contributed by atoms with van der Waals surface area (Å²) in [6, 6.07) is 24.1. The molecule has 148 valence electrons. The van der Waals surface area contributed by atoms with Crippen LogP contribution in [0.1, 0.15) is 11.3 Å². The Kier molecular flexibility index (Phi) is 4.70. The number of aromatic nitrogens is 3. The number of ether oxygens (including phenoxy) is 1. The van der Waals surface area contributed by atoms with E-state index in [0.717, 1.165) is 10.9 Å². The Labute approximate surface area is 177 Å². The third-order valence-electron chi connectivity index (χ3n) is 4.98. The zero-order chi connectivity index (χ0) is 21.2. The molecule has 0 spiro atoms. The van der Waals surface area contributed by atoms with Crippen molar-refractivity contribution >= 4 is 21.8 Å². The van der Waals surface area contributed by atoms with E-state index in [1.807, 2.05) is 48.5 Å². The smallest absolute Gasteiger partial charge is 0.222 e. The highest BCUT2D eigenvalue weighted by molar-refractivity contribution is 5.92. The molecule has 0 aliphatic heterocycles. The van der Waals surface area contributed by atoms with Gasteiger partial charge in [0.15, 0.2) is 5.69 Å². The molecule has 0 saturated heterocycles. The summed E-state index contributed by atoms with van der Waals surface area (Å²) in [6.45, 7) is 0.289. The number of para-hydroxylation sites is 1. The van der Waals surface area contributed by atoms with E-state index >= 15 is 0 Å². The van der Waals surface area contributed by atoms with Crippen LogP contribution in [0, 0.1) is 17.3 Å². The van der Waals surface area contributed by atoms with Crippen molar-refractivity contribution in [3.05, 3.63) is 96.2 Å². The first-order valence-electron chi connectivity index (χ1n) is 9.65. The maximum absolute atomic E-state index is 14.9. The Morgan fingerprint density at radius 1 is 0.903 bits per heavy atom. The average Bonchev–Trinajstić information content (AvgIpc) is 2.82. The van der Waals surface area contributed by atoms with Crippen LogP contribution in [0.5, 0.6) is 5.75 Å². The van der Waals surface area contributed by atoms with Gasteiger partial charge in [-0.2, -0.15) is 9.65 Å². The molecule has 5 rings (SSSR count). The highest BCUT2D eigenvalue weighted by Crippen LogP contribution is 2.33. The number of fused-ring (bicyclic) bond motifs is 2. The van der Waals surface area contributed by atoms with E-state index in [4.69, 9.17) is 4.74 Å². The summed E-state index contributed by atoms with van der Waals surface area (Å²) in [6.07, 6.45) is 1.51. The second-order valence-electron chi connectivity index (χ2n) is 6.96.